The number of hydrogen-bond donors (Lipinski definition) is 3. The smallest absolute Gasteiger partial charge is 0.277 e. The van der Waals surface area contributed by atoms with Crippen molar-refractivity contribution in [3.05, 3.63) is 0 Å². The Bertz CT molecular complexity index is 279. The van der Waals surface area contributed by atoms with Gasteiger partial charge in [0, 0.05) is 19.1 Å². The average Bonchev–Trinajstić information content (AvgIpc) is 2.14. The fourth-order valence-electron chi connectivity index (χ4n) is 1.74. The van der Waals surface area contributed by atoms with E-state index in [1.54, 1.807) is 0 Å². The van der Waals surface area contributed by atoms with Gasteiger partial charge >= 0.3 is 0 Å². The molecule has 0 amide bonds. The largest absolute Gasteiger partial charge is 0.315 e. The molecule has 1 rings (SSSR count). The third kappa shape index (κ3) is 4.92. The number of nitrogens with one attached hydrogen (secondary N) is 3. The van der Waals surface area contributed by atoms with Crippen LogP contribution in [0.5, 0.6) is 0 Å². The van der Waals surface area contributed by atoms with E-state index in [1.165, 1.54) is 0 Å². The van der Waals surface area contributed by atoms with E-state index < -0.39 is 10.2 Å². The highest BCUT2D eigenvalue weighted by molar-refractivity contribution is 7.87. The normalized spacial score (nSPS) is 27.9. The van der Waals surface area contributed by atoms with E-state index in [1.807, 2.05) is 6.92 Å². The van der Waals surface area contributed by atoms with Gasteiger partial charge in [0.15, 0.2) is 0 Å². The van der Waals surface area contributed by atoms with Gasteiger partial charge < -0.3 is 5.32 Å². The van der Waals surface area contributed by atoms with Crippen LogP contribution in [0.1, 0.15) is 26.7 Å². The predicted octanol–water partition coefficient (Wildman–Crippen LogP) is -0.182. The van der Waals surface area contributed by atoms with Gasteiger partial charge in [-0.3, -0.25) is 0 Å². The molecule has 0 aromatic rings. The van der Waals surface area contributed by atoms with Crippen LogP contribution in [-0.2, 0) is 10.2 Å². The summed E-state index contributed by atoms with van der Waals surface area (Å²) in [5.41, 5.74) is 0. The molecule has 1 aliphatic rings. The Morgan fingerprint density at radius 1 is 1.40 bits per heavy atom. The third-order valence-corrected chi connectivity index (χ3v) is 3.66. The van der Waals surface area contributed by atoms with Crippen LogP contribution in [0.4, 0.5) is 0 Å². The van der Waals surface area contributed by atoms with Gasteiger partial charge in [0.05, 0.1) is 0 Å². The Kier molecular flexibility index (Phi) is 4.98. The van der Waals surface area contributed by atoms with Crippen LogP contribution < -0.4 is 14.8 Å². The lowest BCUT2D eigenvalue weighted by molar-refractivity contribution is 0.345. The second-order valence-corrected chi connectivity index (χ2v) is 5.74. The van der Waals surface area contributed by atoms with Crippen LogP contribution in [-0.4, -0.2) is 34.1 Å². The molecule has 1 aliphatic heterocycles. The maximum Gasteiger partial charge on any atom is 0.277 e. The van der Waals surface area contributed by atoms with E-state index >= 15 is 0 Å². The van der Waals surface area contributed by atoms with E-state index in [2.05, 4.69) is 21.7 Å². The van der Waals surface area contributed by atoms with E-state index in [-0.39, 0.29) is 6.04 Å². The van der Waals surface area contributed by atoms with Gasteiger partial charge in [0.25, 0.3) is 10.2 Å². The zero-order valence-corrected chi connectivity index (χ0v) is 10.2. The molecule has 0 spiro atoms. The third-order valence-electron chi connectivity index (χ3n) is 2.43. The van der Waals surface area contributed by atoms with E-state index in [0.717, 1.165) is 25.9 Å². The minimum Gasteiger partial charge on any atom is -0.315 e. The number of piperidine rings is 1. The molecular weight excluding hydrogens is 214 g/mol. The molecule has 0 saturated carbocycles. The summed E-state index contributed by atoms with van der Waals surface area (Å²) in [6.07, 6.45) is 1.71. The Morgan fingerprint density at radius 2 is 2.13 bits per heavy atom. The summed E-state index contributed by atoms with van der Waals surface area (Å²) in [6.45, 7) is 6.24. The molecule has 0 aromatic carbocycles. The topological polar surface area (TPSA) is 70.2 Å². The zero-order chi connectivity index (χ0) is 11.3. The van der Waals surface area contributed by atoms with Crippen molar-refractivity contribution in [1.82, 2.24) is 14.8 Å². The van der Waals surface area contributed by atoms with Gasteiger partial charge in [-0.25, -0.2) is 4.72 Å². The van der Waals surface area contributed by atoms with Crippen molar-refractivity contribution in [1.29, 1.82) is 0 Å². The van der Waals surface area contributed by atoms with Crippen molar-refractivity contribution in [2.45, 2.75) is 32.7 Å². The Morgan fingerprint density at radius 3 is 2.73 bits per heavy atom. The quantitative estimate of drug-likeness (QED) is 0.619. The maximum atomic E-state index is 11.5. The lowest BCUT2D eigenvalue weighted by atomic mass is 9.99. The maximum absolute atomic E-state index is 11.5. The Labute approximate surface area is 92.2 Å². The standard InChI is InChI=1S/C9H21N3O2S/c1-3-4-11-15(13,14)12-9-5-8(2)6-10-7-9/h8-12H,3-7H2,1-2H3. The molecule has 90 valence electrons. The van der Waals surface area contributed by atoms with Gasteiger partial charge in [-0.2, -0.15) is 13.1 Å². The van der Waals surface area contributed by atoms with Crippen molar-refractivity contribution in [2.24, 2.45) is 5.92 Å². The second-order valence-electron chi connectivity index (χ2n) is 4.21. The lowest BCUT2D eigenvalue weighted by Gasteiger charge is -2.28. The molecule has 3 N–H and O–H groups in total. The van der Waals surface area contributed by atoms with Crippen LogP contribution in [0.2, 0.25) is 0 Å². The van der Waals surface area contributed by atoms with Gasteiger partial charge in [-0.15, -0.1) is 0 Å². The second kappa shape index (κ2) is 5.79. The Hall–Kier alpha value is -0.170. The van der Waals surface area contributed by atoms with Crippen LogP contribution in [0.25, 0.3) is 0 Å². The first kappa shape index (κ1) is 12.9. The minimum absolute atomic E-state index is 0.0168. The summed E-state index contributed by atoms with van der Waals surface area (Å²) in [5, 5.41) is 3.21. The molecule has 6 heteroatoms. The van der Waals surface area contributed by atoms with E-state index in [0.29, 0.717) is 12.5 Å². The molecule has 1 fully saturated rings. The van der Waals surface area contributed by atoms with Crippen LogP contribution in [0.15, 0.2) is 0 Å². The summed E-state index contributed by atoms with van der Waals surface area (Å²) in [5.74, 6) is 0.526. The van der Waals surface area contributed by atoms with Crippen molar-refractivity contribution in [2.75, 3.05) is 19.6 Å². The highest BCUT2D eigenvalue weighted by Gasteiger charge is 2.22. The summed E-state index contributed by atoms with van der Waals surface area (Å²) >= 11 is 0. The zero-order valence-electron chi connectivity index (χ0n) is 9.41. The molecule has 1 heterocycles. The van der Waals surface area contributed by atoms with Crippen molar-refractivity contribution >= 4 is 10.2 Å². The minimum atomic E-state index is -3.31. The van der Waals surface area contributed by atoms with Crippen LogP contribution in [0, 0.1) is 5.92 Å². The SMILES string of the molecule is CCCNS(=O)(=O)NC1CNCC(C)C1. The highest BCUT2D eigenvalue weighted by atomic mass is 32.2. The molecule has 0 bridgehead atoms. The predicted molar refractivity (Wildman–Crippen MR) is 60.8 cm³/mol. The van der Waals surface area contributed by atoms with Gasteiger partial charge in [-0.1, -0.05) is 13.8 Å². The van der Waals surface area contributed by atoms with Gasteiger partial charge in [0.2, 0.25) is 0 Å². The van der Waals surface area contributed by atoms with Gasteiger partial charge in [0.1, 0.15) is 0 Å². The first-order valence-electron chi connectivity index (χ1n) is 5.51. The fraction of sp³-hybridized carbons (Fsp3) is 1.00. The summed E-state index contributed by atoms with van der Waals surface area (Å²) < 4.78 is 28.2. The first-order valence-corrected chi connectivity index (χ1v) is 6.99. The molecule has 2 atom stereocenters. The van der Waals surface area contributed by atoms with Crippen molar-refractivity contribution < 1.29 is 8.42 Å². The fourth-order valence-corrected chi connectivity index (χ4v) is 2.92. The molecule has 15 heavy (non-hydrogen) atoms. The summed E-state index contributed by atoms with van der Waals surface area (Å²) in [4.78, 5) is 0. The first-order chi connectivity index (χ1) is 7.03. The lowest BCUT2D eigenvalue weighted by Crippen LogP contribution is -2.51. The van der Waals surface area contributed by atoms with E-state index in [4.69, 9.17) is 0 Å². The summed E-state index contributed by atoms with van der Waals surface area (Å²) in [6, 6.07) is 0.0168. The van der Waals surface area contributed by atoms with Crippen molar-refractivity contribution in [3.63, 3.8) is 0 Å². The molecule has 0 aliphatic carbocycles. The molecule has 0 aromatic heterocycles. The number of hydrogen-bond acceptors (Lipinski definition) is 3. The number of rotatable bonds is 5. The molecular formula is C9H21N3O2S. The van der Waals surface area contributed by atoms with Gasteiger partial charge in [-0.05, 0) is 25.3 Å². The molecule has 2 unspecified atom stereocenters. The van der Waals surface area contributed by atoms with Crippen LogP contribution in [0.3, 0.4) is 0 Å². The van der Waals surface area contributed by atoms with Crippen LogP contribution >= 0.6 is 0 Å². The monoisotopic (exact) mass is 235 g/mol. The molecule has 0 radical (unpaired) electrons. The van der Waals surface area contributed by atoms with Crippen molar-refractivity contribution in [3.8, 4) is 0 Å². The summed E-state index contributed by atoms with van der Waals surface area (Å²) in [7, 11) is -3.31. The average molecular weight is 235 g/mol. The Balaban J connectivity index is 2.39. The molecule has 1 saturated heterocycles. The molecule has 5 nitrogen and oxygen atoms in total. The highest BCUT2D eigenvalue weighted by Crippen LogP contribution is 2.09. The van der Waals surface area contributed by atoms with E-state index in [9.17, 15) is 8.42 Å².